The average Bonchev–Trinajstić information content (AvgIpc) is 3.47. The summed E-state index contributed by atoms with van der Waals surface area (Å²) in [5.74, 6) is 5.28. The van der Waals surface area contributed by atoms with Crippen LogP contribution in [0.1, 0.15) is 86.3 Å². The van der Waals surface area contributed by atoms with E-state index < -0.39 is 12.0 Å². The Morgan fingerprint density at radius 1 is 0.714 bits per heavy atom. The number of likely N-dealkylation sites (tertiary alicyclic amines) is 1. The molecule has 2 atom stereocenters. The number of hydrogen-bond acceptors (Lipinski definition) is 12. The number of carbonyl (C=O) groups excluding carboxylic acids is 1. The topological polar surface area (TPSA) is 154 Å². The van der Waals surface area contributed by atoms with Crippen molar-refractivity contribution in [1.29, 1.82) is 0 Å². The molecule has 77 heavy (non-hydrogen) atoms. The monoisotopic (exact) mass is 1070 g/mol. The van der Waals surface area contributed by atoms with Crippen LogP contribution in [0.5, 0.6) is 34.5 Å². The summed E-state index contributed by atoms with van der Waals surface area (Å²) in [4.78, 5) is 26.6. The van der Waals surface area contributed by atoms with Gasteiger partial charge in [-0.05, 0) is 128 Å². The summed E-state index contributed by atoms with van der Waals surface area (Å²) in [6.07, 6.45) is 6.67. The van der Waals surface area contributed by atoms with Crippen LogP contribution >= 0.6 is 11.6 Å². The van der Waals surface area contributed by atoms with E-state index in [-0.39, 0.29) is 29.7 Å². The molecule has 0 saturated carbocycles. The Balaban J connectivity index is 0.000000207. The lowest BCUT2D eigenvalue weighted by Crippen LogP contribution is -2.39. The van der Waals surface area contributed by atoms with Crippen molar-refractivity contribution in [2.45, 2.75) is 70.9 Å². The Bertz CT molecular complexity index is 2760. The highest BCUT2D eigenvalue weighted by Crippen LogP contribution is 2.36. The minimum atomic E-state index is -0.431. The minimum Gasteiger partial charge on any atom is -0.493 e. The molecule has 6 aromatic carbocycles. The number of carbonyl (C=O) groups is 1. The second kappa shape index (κ2) is 30.6. The van der Waals surface area contributed by atoms with Crippen LogP contribution in [0.3, 0.4) is 0 Å². The van der Waals surface area contributed by atoms with Crippen molar-refractivity contribution in [3.8, 4) is 34.5 Å². The summed E-state index contributed by atoms with van der Waals surface area (Å²) in [5, 5.41) is 23.0. The number of nitro groups is 1. The zero-order valence-corrected chi connectivity index (χ0v) is 46.2. The molecule has 0 unspecified atom stereocenters. The first-order valence-electron chi connectivity index (χ1n) is 26.2. The molecule has 8 rings (SSSR count). The number of nitrogens with one attached hydrogen (secondary N) is 1. The van der Waals surface area contributed by atoms with Crippen LogP contribution in [-0.2, 0) is 4.79 Å². The molecule has 0 radical (unpaired) electrons. The van der Waals surface area contributed by atoms with E-state index in [0.717, 1.165) is 86.6 Å². The zero-order valence-electron chi connectivity index (χ0n) is 45.4. The summed E-state index contributed by atoms with van der Waals surface area (Å²) in [5.41, 5.74) is 6.81. The van der Waals surface area contributed by atoms with Crippen molar-refractivity contribution >= 4 is 41.5 Å². The molecule has 0 spiro atoms. The van der Waals surface area contributed by atoms with Crippen LogP contribution in [0.25, 0.3) is 5.57 Å². The smallest absolute Gasteiger partial charge is 0.376 e. The fourth-order valence-electron chi connectivity index (χ4n) is 9.13. The SMILES string of the molecule is CB(O)N1CC=C(c2ccc([N+](=O)[O-])cc2)CC1.COc1ccc(O[C@H](CCCl)c2ccccc2)cc1OC.COc1ccc(O[C@H](CCN2CCC(c3ccc(NC(=O)C(C)C)cc3)CC2)c2ccccc2)cc1OC. The highest BCUT2D eigenvalue weighted by atomic mass is 35.5. The maximum atomic E-state index is 12.0. The van der Waals surface area contributed by atoms with Gasteiger partial charge in [-0.3, -0.25) is 14.9 Å². The summed E-state index contributed by atoms with van der Waals surface area (Å²) >= 11 is 5.89. The molecule has 14 nitrogen and oxygen atoms in total. The van der Waals surface area contributed by atoms with Crippen LogP contribution in [-0.4, -0.2) is 99.7 Å². The fourth-order valence-corrected chi connectivity index (χ4v) is 9.33. The van der Waals surface area contributed by atoms with E-state index in [9.17, 15) is 19.9 Å². The van der Waals surface area contributed by atoms with Crippen LogP contribution in [0.2, 0.25) is 6.82 Å². The van der Waals surface area contributed by atoms with E-state index in [1.165, 1.54) is 28.8 Å². The lowest BCUT2D eigenvalue weighted by molar-refractivity contribution is -0.384. The Hall–Kier alpha value is -7.04. The highest BCUT2D eigenvalue weighted by Gasteiger charge is 2.24. The third-order valence-corrected chi connectivity index (χ3v) is 13.9. The first-order chi connectivity index (χ1) is 37.3. The van der Waals surface area contributed by atoms with Gasteiger partial charge in [0.25, 0.3) is 5.69 Å². The van der Waals surface area contributed by atoms with Crippen LogP contribution in [0.15, 0.2) is 152 Å². The Morgan fingerprint density at radius 3 is 1.68 bits per heavy atom. The van der Waals surface area contributed by atoms with Crippen molar-refractivity contribution < 1.29 is 43.2 Å². The molecule has 2 heterocycles. The van der Waals surface area contributed by atoms with Gasteiger partial charge in [0.15, 0.2) is 23.0 Å². The molecule has 2 aliphatic rings. The van der Waals surface area contributed by atoms with Crippen molar-refractivity contribution in [1.82, 2.24) is 9.71 Å². The predicted molar refractivity (Wildman–Crippen MR) is 308 cm³/mol. The molecular weight excluding hydrogens is 995 g/mol. The summed E-state index contributed by atoms with van der Waals surface area (Å²) < 4.78 is 33.9. The number of nitro benzene ring substituents is 1. The van der Waals surface area contributed by atoms with Gasteiger partial charge in [0.1, 0.15) is 23.7 Å². The summed E-state index contributed by atoms with van der Waals surface area (Å²) in [7, 11) is 6.06. The Labute approximate surface area is 460 Å². The average molecular weight is 1070 g/mol. The zero-order chi connectivity index (χ0) is 55.1. The number of hydrogen-bond donors (Lipinski definition) is 2. The summed E-state index contributed by atoms with van der Waals surface area (Å²) in [6.45, 7) is 10.2. The second-order valence-electron chi connectivity index (χ2n) is 19.1. The van der Waals surface area contributed by atoms with Crippen molar-refractivity contribution in [2.24, 2.45) is 5.92 Å². The van der Waals surface area contributed by atoms with Gasteiger partial charge < -0.3 is 48.5 Å². The van der Waals surface area contributed by atoms with Crippen LogP contribution in [0.4, 0.5) is 11.4 Å². The van der Waals surface area contributed by atoms with Gasteiger partial charge in [-0.25, -0.2) is 0 Å². The molecule has 1 fully saturated rings. The fraction of sp³-hybridized carbons (Fsp3) is 0.361. The number of ether oxygens (including phenoxy) is 6. The van der Waals surface area contributed by atoms with Crippen LogP contribution in [0, 0.1) is 16.0 Å². The molecule has 2 N–H and O–H groups in total. The van der Waals surface area contributed by atoms with E-state index in [2.05, 4.69) is 52.7 Å². The number of benzene rings is 6. The van der Waals surface area contributed by atoms with Gasteiger partial charge in [-0.2, -0.15) is 0 Å². The summed E-state index contributed by atoms with van der Waals surface area (Å²) in [6, 6.07) is 46.7. The normalized spacial score (nSPS) is 14.5. The third-order valence-electron chi connectivity index (χ3n) is 13.7. The number of alkyl halides is 1. The van der Waals surface area contributed by atoms with Crippen molar-refractivity contribution in [3.63, 3.8) is 0 Å². The van der Waals surface area contributed by atoms with Crippen molar-refractivity contribution in [2.75, 3.05) is 72.4 Å². The number of rotatable bonds is 21. The lowest BCUT2D eigenvalue weighted by Gasteiger charge is -2.33. The van der Waals surface area contributed by atoms with Crippen molar-refractivity contribution in [3.05, 3.63) is 184 Å². The largest absolute Gasteiger partial charge is 0.493 e. The number of piperidine rings is 1. The minimum absolute atomic E-state index is 0.0232. The van der Waals surface area contributed by atoms with Gasteiger partial charge in [0.05, 0.1) is 33.4 Å². The van der Waals surface area contributed by atoms with E-state index >= 15 is 0 Å². The number of nitrogens with zero attached hydrogens (tertiary/aromatic N) is 3. The van der Waals surface area contributed by atoms with Gasteiger partial charge in [0, 0.05) is 67.7 Å². The highest BCUT2D eigenvalue weighted by molar-refractivity contribution is 6.45. The third kappa shape index (κ3) is 18.0. The number of non-ortho nitro benzene ring substituents is 1. The predicted octanol–water partition coefficient (Wildman–Crippen LogP) is 12.9. The van der Waals surface area contributed by atoms with Crippen LogP contribution < -0.4 is 33.7 Å². The molecule has 16 heteroatoms. The standard InChI is InChI=1S/C32H40N2O4.C17H19ClO3.C12H15BN2O3/c1-23(2)32(35)33-27-12-10-24(11-13-27)25-16-19-34(20-17-25)21-18-29(26-8-6-5-7-9-26)38-28-14-15-30(36-3)31(22-28)37-4;1-19-16-9-8-14(12-17(16)20-2)21-15(10-11-18)13-6-4-3-5-7-13;1-13(16)14-8-6-11(7-9-14)10-2-4-12(5-3-10)15(17)18/h5-15,22-23,25,29H,16-21H2,1-4H3,(H,33,35);3-9,12,15H,10-11H2,1-2H3;2-6,16H,7-9H2,1H3/t29-;15-;/m11./s1. The Kier molecular flexibility index (Phi) is 23.6. The molecule has 0 aromatic heterocycles. The molecule has 6 aromatic rings. The number of anilines is 1. The molecule has 1 saturated heterocycles. The first-order valence-corrected chi connectivity index (χ1v) is 26.8. The molecule has 1 amide bonds. The van der Waals surface area contributed by atoms with E-state index in [1.807, 2.05) is 104 Å². The number of methoxy groups -OCH3 is 4. The lowest BCUT2D eigenvalue weighted by atomic mass is 9.82. The molecule has 408 valence electrons. The molecular formula is C61H74BClN4O10. The molecule has 0 bridgehead atoms. The van der Waals surface area contributed by atoms with Gasteiger partial charge in [0.2, 0.25) is 5.91 Å². The van der Waals surface area contributed by atoms with E-state index in [4.69, 9.17) is 40.0 Å². The number of amides is 1. The second-order valence-corrected chi connectivity index (χ2v) is 19.5. The quantitative estimate of drug-likeness (QED) is 0.0305. The Morgan fingerprint density at radius 2 is 1.23 bits per heavy atom. The van der Waals surface area contributed by atoms with Gasteiger partial charge in [-0.1, -0.05) is 92.7 Å². The molecule has 2 aliphatic heterocycles. The first kappa shape index (κ1) is 59.2. The van der Waals surface area contributed by atoms with E-state index in [1.54, 1.807) is 47.4 Å². The maximum absolute atomic E-state index is 12.0. The molecule has 0 aliphatic carbocycles. The maximum Gasteiger partial charge on any atom is 0.376 e. The van der Waals surface area contributed by atoms with Gasteiger partial charge in [-0.15, -0.1) is 11.6 Å². The van der Waals surface area contributed by atoms with E-state index in [0.29, 0.717) is 41.3 Å². The number of halogens is 1. The van der Waals surface area contributed by atoms with Gasteiger partial charge >= 0.3 is 7.05 Å².